The zero-order valence-corrected chi connectivity index (χ0v) is 18.8. The highest BCUT2D eigenvalue weighted by Gasteiger charge is 2.36. The fourth-order valence-corrected chi connectivity index (χ4v) is 4.88. The van der Waals surface area contributed by atoms with E-state index in [4.69, 9.17) is 4.74 Å². The predicted octanol–water partition coefficient (Wildman–Crippen LogP) is 6.43. The van der Waals surface area contributed by atoms with Crippen molar-refractivity contribution in [3.8, 4) is 0 Å². The SMILES string of the molecule is CCOC(=O)C[C@@H]1CC[C@@H](N(CC)Cc2ccccc2)[C@H](c2ccc(C(F)(F)F)cc2)C1. The molecular weight excluding hydrogens is 415 g/mol. The Morgan fingerprint density at radius 2 is 1.72 bits per heavy atom. The molecule has 3 atom stereocenters. The van der Waals surface area contributed by atoms with Crippen LogP contribution in [0, 0.1) is 5.92 Å². The van der Waals surface area contributed by atoms with Gasteiger partial charge in [-0.3, -0.25) is 9.69 Å². The molecule has 32 heavy (non-hydrogen) atoms. The van der Waals surface area contributed by atoms with Gasteiger partial charge in [0.1, 0.15) is 0 Å². The van der Waals surface area contributed by atoms with Crippen LogP contribution in [-0.2, 0) is 22.3 Å². The lowest BCUT2D eigenvalue weighted by Gasteiger charge is -2.42. The number of ether oxygens (including phenoxy) is 1. The van der Waals surface area contributed by atoms with Gasteiger partial charge in [0, 0.05) is 19.0 Å². The second kappa shape index (κ2) is 11.0. The molecule has 0 saturated heterocycles. The number of halogens is 3. The number of hydrogen-bond donors (Lipinski definition) is 0. The number of nitrogens with zero attached hydrogens (tertiary/aromatic N) is 1. The van der Waals surface area contributed by atoms with Crippen LogP contribution in [-0.4, -0.2) is 30.1 Å². The van der Waals surface area contributed by atoms with Crippen LogP contribution in [0.3, 0.4) is 0 Å². The van der Waals surface area contributed by atoms with Gasteiger partial charge in [-0.15, -0.1) is 0 Å². The summed E-state index contributed by atoms with van der Waals surface area (Å²) in [6.45, 7) is 5.91. The number of carbonyl (C=O) groups excluding carboxylic acids is 1. The first kappa shape index (κ1) is 24.3. The molecule has 1 aliphatic rings. The minimum Gasteiger partial charge on any atom is -0.466 e. The number of alkyl halides is 3. The van der Waals surface area contributed by atoms with Gasteiger partial charge < -0.3 is 4.74 Å². The van der Waals surface area contributed by atoms with Crippen LogP contribution < -0.4 is 0 Å². The Bertz CT molecular complexity index is 852. The lowest BCUT2D eigenvalue weighted by atomic mass is 9.73. The van der Waals surface area contributed by atoms with E-state index in [2.05, 4.69) is 24.0 Å². The summed E-state index contributed by atoms with van der Waals surface area (Å²) in [5.41, 5.74) is 1.49. The van der Waals surface area contributed by atoms with Gasteiger partial charge in [0.25, 0.3) is 0 Å². The molecule has 0 bridgehead atoms. The molecule has 0 N–H and O–H groups in total. The maximum Gasteiger partial charge on any atom is 0.416 e. The summed E-state index contributed by atoms with van der Waals surface area (Å²) in [7, 11) is 0. The van der Waals surface area contributed by atoms with E-state index in [-0.39, 0.29) is 23.8 Å². The van der Waals surface area contributed by atoms with E-state index in [1.807, 2.05) is 18.2 Å². The lowest BCUT2D eigenvalue weighted by Crippen LogP contribution is -2.42. The number of rotatable bonds is 8. The highest BCUT2D eigenvalue weighted by molar-refractivity contribution is 5.69. The number of carbonyl (C=O) groups is 1. The first-order chi connectivity index (χ1) is 15.3. The lowest BCUT2D eigenvalue weighted by molar-refractivity contribution is -0.144. The number of esters is 1. The van der Waals surface area contributed by atoms with Crippen molar-refractivity contribution >= 4 is 5.97 Å². The normalized spacial score (nSPS) is 21.5. The fourth-order valence-electron chi connectivity index (χ4n) is 4.88. The van der Waals surface area contributed by atoms with Crippen LogP contribution >= 0.6 is 0 Å². The highest BCUT2D eigenvalue weighted by atomic mass is 19.4. The third-order valence-corrected chi connectivity index (χ3v) is 6.45. The molecule has 3 rings (SSSR count). The molecule has 6 heteroatoms. The van der Waals surface area contributed by atoms with Gasteiger partial charge in [-0.05, 0) is 67.8 Å². The van der Waals surface area contributed by atoms with Crippen molar-refractivity contribution < 1.29 is 22.7 Å². The molecule has 0 heterocycles. The molecule has 0 aliphatic heterocycles. The summed E-state index contributed by atoms with van der Waals surface area (Å²) >= 11 is 0. The minimum absolute atomic E-state index is 0.0640. The maximum absolute atomic E-state index is 13.1. The van der Waals surface area contributed by atoms with Crippen LogP contribution in [0.2, 0.25) is 0 Å². The minimum atomic E-state index is -4.35. The monoisotopic (exact) mass is 447 g/mol. The quantitative estimate of drug-likeness (QED) is 0.437. The number of benzene rings is 2. The fraction of sp³-hybridized carbons (Fsp3) is 0.500. The molecule has 0 spiro atoms. The van der Waals surface area contributed by atoms with Crippen molar-refractivity contribution in [2.75, 3.05) is 13.2 Å². The van der Waals surface area contributed by atoms with Crippen LogP contribution in [0.15, 0.2) is 54.6 Å². The Morgan fingerprint density at radius 1 is 1.03 bits per heavy atom. The van der Waals surface area contributed by atoms with Crippen molar-refractivity contribution in [1.29, 1.82) is 0 Å². The van der Waals surface area contributed by atoms with Crippen molar-refractivity contribution in [1.82, 2.24) is 4.90 Å². The van der Waals surface area contributed by atoms with E-state index >= 15 is 0 Å². The Balaban J connectivity index is 1.84. The summed E-state index contributed by atoms with van der Waals surface area (Å²) in [5.74, 6) is 0.0425. The Kier molecular flexibility index (Phi) is 8.35. The largest absolute Gasteiger partial charge is 0.466 e. The summed E-state index contributed by atoms with van der Waals surface area (Å²) < 4.78 is 44.4. The van der Waals surface area contributed by atoms with E-state index in [9.17, 15) is 18.0 Å². The van der Waals surface area contributed by atoms with Gasteiger partial charge in [-0.1, -0.05) is 49.4 Å². The summed E-state index contributed by atoms with van der Waals surface area (Å²) in [6.07, 6.45) is -1.41. The molecule has 1 saturated carbocycles. The molecule has 1 aliphatic carbocycles. The maximum atomic E-state index is 13.1. The van der Waals surface area contributed by atoms with Gasteiger partial charge >= 0.3 is 12.1 Å². The zero-order valence-electron chi connectivity index (χ0n) is 18.8. The molecule has 174 valence electrons. The van der Waals surface area contributed by atoms with Crippen molar-refractivity contribution in [2.24, 2.45) is 5.92 Å². The Labute approximate surface area is 188 Å². The van der Waals surface area contributed by atoms with Crippen LogP contribution in [0.4, 0.5) is 13.2 Å². The third kappa shape index (κ3) is 6.35. The van der Waals surface area contributed by atoms with Gasteiger partial charge in [-0.2, -0.15) is 13.2 Å². The van der Waals surface area contributed by atoms with Crippen LogP contribution in [0.5, 0.6) is 0 Å². The summed E-state index contributed by atoms with van der Waals surface area (Å²) in [4.78, 5) is 14.5. The molecule has 1 fully saturated rings. The van der Waals surface area contributed by atoms with Crippen molar-refractivity contribution in [3.63, 3.8) is 0 Å². The molecule has 0 radical (unpaired) electrons. The smallest absolute Gasteiger partial charge is 0.416 e. The first-order valence-electron chi connectivity index (χ1n) is 11.4. The van der Waals surface area contributed by atoms with Gasteiger partial charge in [0.05, 0.1) is 12.2 Å². The second-order valence-electron chi connectivity index (χ2n) is 8.53. The Morgan fingerprint density at radius 3 is 2.31 bits per heavy atom. The second-order valence-corrected chi connectivity index (χ2v) is 8.53. The van der Waals surface area contributed by atoms with E-state index in [0.29, 0.717) is 13.0 Å². The van der Waals surface area contributed by atoms with Crippen LogP contribution in [0.25, 0.3) is 0 Å². The molecule has 2 aromatic rings. The van der Waals surface area contributed by atoms with Gasteiger partial charge in [0.2, 0.25) is 0 Å². The molecule has 2 aromatic carbocycles. The highest BCUT2D eigenvalue weighted by Crippen LogP contribution is 2.41. The average molecular weight is 448 g/mol. The van der Waals surface area contributed by atoms with E-state index in [0.717, 1.165) is 37.9 Å². The number of likely N-dealkylation sites (N-methyl/N-ethyl adjacent to an activating group) is 1. The Hall–Kier alpha value is -2.34. The predicted molar refractivity (Wildman–Crippen MR) is 119 cm³/mol. The van der Waals surface area contributed by atoms with Crippen LogP contribution in [0.1, 0.15) is 62.1 Å². The molecular formula is C26H32F3NO2. The van der Waals surface area contributed by atoms with E-state index in [1.54, 1.807) is 19.1 Å². The molecule has 0 unspecified atom stereocenters. The summed E-state index contributed by atoms with van der Waals surface area (Å²) in [6, 6.07) is 16.0. The molecule has 0 amide bonds. The molecule has 0 aromatic heterocycles. The average Bonchev–Trinajstić information content (AvgIpc) is 2.78. The first-order valence-corrected chi connectivity index (χ1v) is 11.4. The van der Waals surface area contributed by atoms with E-state index < -0.39 is 11.7 Å². The van der Waals surface area contributed by atoms with Crippen molar-refractivity contribution in [3.05, 3.63) is 71.3 Å². The van der Waals surface area contributed by atoms with Crippen molar-refractivity contribution in [2.45, 2.75) is 64.2 Å². The number of hydrogen-bond acceptors (Lipinski definition) is 3. The van der Waals surface area contributed by atoms with Gasteiger partial charge in [-0.25, -0.2) is 0 Å². The summed E-state index contributed by atoms with van der Waals surface area (Å²) in [5, 5.41) is 0. The van der Waals surface area contributed by atoms with E-state index in [1.165, 1.54) is 17.7 Å². The topological polar surface area (TPSA) is 29.5 Å². The standard InChI is InChI=1S/C26H32F3NO2/c1-3-30(18-19-8-6-5-7-9-19)24-15-10-20(17-25(31)32-4-2)16-23(24)21-11-13-22(14-12-21)26(27,28)29/h5-9,11-14,20,23-24H,3-4,10,15-18H2,1-2H3/t20-,23+,24-/m1/s1. The molecule has 3 nitrogen and oxygen atoms in total. The van der Waals surface area contributed by atoms with Gasteiger partial charge in [0.15, 0.2) is 0 Å². The zero-order chi connectivity index (χ0) is 23.1. The third-order valence-electron chi connectivity index (χ3n) is 6.45.